The van der Waals surface area contributed by atoms with Crippen molar-refractivity contribution in [3.05, 3.63) is 0 Å². The predicted molar refractivity (Wildman–Crippen MR) is 76.6 cm³/mol. The normalized spacial score (nSPS) is 31.8. The fourth-order valence-electron chi connectivity index (χ4n) is 3.00. The zero-order valence-electron chi connectivity index (χ0n) is 13.2. The van der Waals surface area contributed by atoms with E-state index in [9.17, 15) is 0 Å². The zero-order valence-corrected chi connectivity index (χ0v) is 13.2. The maximum absolute atomic E-state index is 6.42. The third kappa shape index (κ3) is 3.71. The number of hydrogen-bond donors (Lipinski definition) is 0. The minimum atomic E-state index is -0.320. The van der Waals surface area contributed by atoms with Gasteiger partial charge in [0.15, 0.2) is 5.79 Å². The highest BCUT2D eigenvalue weighted by atomic mass is 16.7. The Hall–Kier alpha value is -0.0800. The Morgan fingerprint density at radius 3 is 2.33 bits per heavy atom. The molecule has 0 N–H and O–H groups in total. The van der Waals surface area contributed by atoms with E-state index < -0.39 is 0 Å². The molecule has 0 aromatic carbocycles. The van der Waals surface area contributed by atoms with Crippen LogP contribution >= 0.6 is 0 Å². The van der Waals surface area contributed by atoms with Crippen molar-refractivity contribution in [2.45, 2.75) is 85.5 Å². The molecule has 2 heteroatoms. The lowest BCUT2D eigenvalue weighted by Gasteiger charge is -2.50. The molecule has 2 nitrogen and oxygen atoms in total. The van der Waals surface area contributed by atoms with Crippen molar-refractivity contribution in [1.29, 1.82) is 0 Å². The minimum absolute atomic E-state index is 0.123. The maximum Gasteiger partial charge on any atom is 0.168 e. The first-order valence-electron chi connectivity index (χ1n) is 7.68. The van der Waals surface area contributed by atoms with Gasteiger partial charge in [-0.15, -0.1) is 0 Å². The summed E-state index contributed by atoms with van der Waals surface area (Å²) in [6.45, 7) is 14.2. The Labute approximate surface area is 113 Å². The summed E-state index contributed by atoms with van der Waals surface area (Å²) in [5.41, 5.74) is 0.123. The van der Waals surface area contributed by atoms with Crippen molar-refractivity contribution in [3.8, 4) is 0 Å². The van der Waals surface area contributed by atoms with Crippen LogP contribution in [0.5, 0.6) is 0 Å². The molecule has 0 spiro atoms. The summed E-state index contributed by atoms with van der Waals surface area (Å²) in [6, 6.07) is 0. The highest BCUT2D eigenvalue weighted by Gasteiger charge is 2.46. The van der Waals surface area contributed by atoms with Crippen LogP contribution in [0.4, 0.5) is 0 Å². The lowest BCUT2D eigenvalue weighted by molar-refractivity contribution is -0.340. The molecule has 0 unspecified atom stereocenters. The largest absolute Gasteiger partial charge is 0.349 e. The van der Waals surface area contributed by atoms with Crippen LogP contribution in [0.1, 0.15) is 73.6 Å². The lowest BCUT2D eigenvalue weighted by atomic mass is 9.79. The molecule has 0 radical (unpaired) electrons. The monoisotopic (exact) mass is 256 g/mol. The molecule has 0 aromatic rings. The van der Waals surface area contributed by atoms with E-state index in [1.165, 1.54) is 19.3 Å². The van der Waals surface area contributed by atoms with Gasteiger partial charge in [-0.2, -0.15) is 0 Å². The molecule has 18 heavy (non-hydrogen) atoms. The summed E-state index contributed by atoms with van der Waals surface area (Å²) in [7, 11) is 0. The van der Waals surface area contributed by atoms with E-state index >= 15 is 0 Å². The second-order valence-electron chi connectivity index (χ2n) is 6.78. The van der Waals surface area contributed by atoms with Gasteiger partial charge in [-0.3, -0.25) is 0 Å². The van der Waals surface area contributed by atoms with Gasteiger partial charge < -0.3 is 9.47 Å². The Bertz CT molecular complexity index is 247. The van der Waals surface area contributed by atoms with Crippen LogP contribution in [0, 0.1) is 11.3 Å². The summed E-state index contributed by atoms with van der Waals surface area (Å²) < 4.78 is 12.6. The van der Waals surface area contributed by atoms with Crippen molar-refractivity contribution in [3.63, 3.8) is 0 Å². The molecule has 1 aliphatic heterocycles. The van der Waals surface area contributed by atoms with Crippen LogP contribution in [-0.4, -0.2) is 18.5 Å². The van der Waals surface area contributed by atoms with Crippen LogP contribution in [-0.2, 0) is 9.47 Å². The summed E-state index contributed by atoms with van der Waals surface area (Å²) in [5.74, 6) is 0.223. The van der Waals surface area contributed by atoms with Gasteiger partial charge in [0.05, 0.1) is 12.7 Å². The van der Waals surface area contributed by atoms with E-state index in [0.717, 1.165) is 19.4 Å². The molecule has 108 valence electrons. The molecule has 1 fully saturated rings. The average Bonchev–Trinajstić information content (AvgIpc) is 2.31. The smallest absolute Gasteiger partial charge is 0.168 e. The van der Waals surface area contributed by atoms with Crippen LogP contribution < -0.4 is 0 Å². The highest BCUT2D eigenvalue weighted by Crippen LogP contribution is 2.42. The quantitative estimate of drug-likeness (QED) is 0.637. The molecule has 1 rings (SSSR count). The van der Waals surface area contributed by atoms with Gasteiger partial charge in [-0.1, -0.05) is 54.4 Å². The van der Waals surface area contributed by atoms with Crippen LogP contribution in [0.15, 0.2) is 0 Å². The van der Waals surface area contributed by atoms with Crippen LogP contribution in [0.3, 0.4) is 0 Å². The van der Waals surface area contributed by atoms with Crippen molar-refractivity contribution in [1.82, 2.24) is 0 Å². The van der Waals surface area contributed by atoms with Crippen molar-refractivity contribution < 1.29 is 9.47 Å². The van der Waals surface area contributed by atoms with E-state index in [2.05, 4.69) is 41.5 Å². The third-order valence-corrected chi connectivity index (χ3v) is 4.12. The van der Waals surface area contributed by atoms with Gasteiger partial charge in [0, 0.05) is 11.8 Å². The van der Waals surface area contributed by atoms with Crippen LogP contribution in [0.25, 0.3) is 0 Å². The van der Waals surface area contributed by atoms with Gasteiger partial charge in [-0.25, -0.2) is 0 Å². The number of unbranched alkanes of at least 4 members (excludes halogenated alkanes) is 2. The highest BCUT2D eigenvalue weighted by molar-refractivity contribution is 4.89. The van der Waals surface area contributed by atoms with Gasteiger partial charge in [0.2, 0.25) is 0 Å². The summed E-state index contributed by atoms with van der Waals surface area (Å²) in [5, 5.41) is 0. The molecule has 1 saturated heterocycles. The molecule has 2 atom stereocenters. The summed E-state index contributed by atoms with van der Waals surface area (Å²) in [4.78, 5) is 0. The number of hydrogen-bond acceptors (Lipinski definition) is 2. The Kier molecular flexibility index (Phi) is 5.67. The summed E-state index contributed by atoms with van der Waals surface area (Å²) in [6.07, 6.45) is 6.01. The number of ether oxygens (including phenoxy) is 2. The minimum Gasteiger partial charge on any atom is -0.349 e. The van der Waals surface area contributed by atoms with E-state index in [4.69, 9.17) is 9.47 Å². The van der Waals surface area contributed by atoms with Crippen molar-refractivity contribution >= 4 is 0 Å². The predicted octanol–water partition coefficient (Wildman–Crippen LogP) is 4.77. The Balaban J connectivity index is 2.71. The van der Waals surface area contributed by atoms with E-state index in [1.54, 1.807) is 0 Å². The van der Waals surface area contributed by atoms with Crippen LogP contribution in [0.2, 0.25) is 0 Å². The maximum atomic E-state index is 6.42. The van der Waals surface area contributed by atoms with E-state index in [-0.39, 0.29) is 11.2 Å². The molecule has 0 amide bonds. The van der Waals surface area contributed by atoms with Gasteiger partial charge in [0.1, 0.15) is 0 Å². The van der Waals surface area contributed by atoms with Gasteiger partial charge in [-0.05, 0) is 18.8 Å². The molecular weight excluding hydrogens is 224 g/mol. The molecule has 0 saturated carbocycles. The van der Waals surface area contributed by atoms with Crippen molar-refractivity contribution in [2.75, 3.05) is 6.61 Å². The van der Waals surface area contributed by atoms with Gasteiger partial charge in [0.25, 0.3) is 0 Å². The SMILES string of the molecule is CCCCC[C@]1(CC)OCC(C)(C)[C@H](C(C)C)O1. The Morgan fingerprint density at radius 2 is 1.83 bits per heavy atom. The molecular formula is C16H32O2. The van der Waals surface area contributed by atoms with E-state index in [0.29, 0.717) is 12.0 Å². The van der Waals surface area contributed by atoms with E-state index in [1.807, 2.05) is 0 Å². The second kappa shape index (κ2) is 6.38. The fraction of sp³-hybridized carbons (Fsp3) is 1.00. The standard InChI is InChI=1S/C16H32O2/c1-7-9-10-11-16(8-2)17-12-15(5,6)14(18-16)13(3)4/h13-14H,7-12H2,1-6H3/t14-,16+/m0/s1. The molecule has 1 aliphatic rings. The molecule has 0 aromatic heterocycles. The molecule has 0 bridgehead atoms. The zero-order chi connectivity index (χ0) is 13.8. The number of rotatable bonds is 6. The van der Waals surface area contributed by atoms with Gasteiger partial charge >= 0.3 is 0 Å². The third-order valence-electron chi connectivity index (χ3n) is 4.12. The fourth-order valence-corrected chi connectivity index (χ4v) is 3.00. The first kappa shape index (κ1) is 16.0. The first-order chi connectivity index (χ1) is 8.37. The molecule has 0 aliphatic carbocycles. The summed E-state index contributed by atoms with van der Waals surface area (Å²) >= 11 is 0. The molecule has 1 heterocycles. The average molecular weight is 256 g/mol. The van der Waals surface area contributed by atoms with Crippen molar-refractivity contribution in [2.24, 2.45) is 11.3 Å². The lowest BCUT2D eigenvalue weighted by Crippen LogP contribution is -2.54. The second-order valence-corrected chi connectivity index (χ2v) is 6.78. The first-order valence-corrected chi connectivity index (χ1v) is 7.68. The topological polar surface area (TPSA) is 18.5 Å². The Morgan fingerprint density at radius 1 is 1.17 bits per heavy atom.